The number of hydroxylamine groups is 2. The third-order valence-electron chi connectivity index (χ3n) is 2.14. The number of nitrogens with zero attached hydrogens (tertiary/aromatic N) is 1. The molecule has 0 atom stereocenters. The first-order valence-corrected chi connectivity index (χ1v) is 5.59. The quantitative estimate of drug-likeness (QED) is 0.475. The molecule has 0 spiro atoms. The fourth-order valence-corrected chi connectivity index (χ4v) is 1.27. The second-order valence-corrected chi connectivity index (χ2v) is 3.44. The second kappa shape index (κ2) is 7.71. The van der Waals surface area contributed by atoms with Crippen LogP contribution in [0.25, 0.3) is 0 Å². The Morgan fingerprint density at radius 1 is 1.32 bits per heavy atom. The molecule has 0 aliphatic rings. The van der Waals surface area contributed by atoms with Gasteiger partial charge in [-0.25, -0.2) is 4.79 Å². The molecule has 19 heavy (non-hydrogen) atoms. The lowest BCUT2D eigenvalue weighted by molar-refractivity contribution is -0.0876. The first-order chi connectivity index (χ1) is 9.19. The molecule has 1 amide bonds. The number of hydrogen-bond acceptors (Lipinski definition) is 4. The van der Waals surface area contributed by atoms with Crippen molar-refractivity contribution in [2.75, 3.05) is 13.7 Å². The Morgan fingerprint density at radius 3 is 2.58 bits per heavy atom. The molecular weight excluding hydrogens is 246 g/mol. The van der Waals surface area contributed by atoms with Crippen molar-refractivity contribution < 1.29 is 19.2 Å². The van der Waals surface area contributed by atoms with Crippen molar-refractivity contribution in [3.63, 3.8) is 0 Å². The summed E-state index contributed by atoms with van der Waals surface area (Å²) in [6, 6.07) is 8.51. The van der Waals surface area contributed by atoms with Crippen LogP contribution in [-0.4, -0.2) is 30.8 Å². The molecule has 1 aromatic rings. The highest BCUT2D eigenvalue weighted by molar-refractivity contribution is 5.94. The lowest BCUT2D eigenvalue weighted by Crippen LogP contribution is -2.33. The van der Waals surface area contributed by atoms with E-state index in [1.807, 2.05) is 0 Å². The predicted octanol–water partition coefficient (Wildman–Crippen LogP) is 2.57. The molecule has 0 radical (unpaired) electrons. The van der Waals surface area contributed by atoms with E-state index in [4.69, 9.17) is 4.84 Å². The lowest BCUT2D eigenvalue weighted by Gasteiger charge is -2.18. The number of amides is 1. The van der Waals surface area contributed by atoms with E-state index in [9.17, 15) is 9.59 Å². The van der Waals surface area contributed by atoms with Gasteiger partial charge in [-0.05, 0) is 12.1 Å². The summed E-state index contributed by atoms with van der Waals surface area (Å²) in [4.78, 5) is 28.0. The maximum Gasteiger partial charge on any atom is 0.533 e. The summed E-state index contributed by atoms with van der Waals surface area (Å²) >= 11 is 0. The molecule has 1 aromatic carbocycles. The zero-order chi connectivity index (χ0) is 14.1. The minimum atomic E-state index is -0.948. The van der Waals surface area contributed by atoms with E-state index in [1.165, 1.54) is 7.11 Å². The van der Waals surface area contributed by atoms with Crippen LogP contribution in [0.1, 0.15) is 10.4 Å². The highest BCUT2D eigenvalue weighted by atomic mass is 16.8. The normalized spacial score (nSPS) is 9.95. The van der Waals surface area contributed by atoms with E-state index in [2.05, 4.69) is 11.3 Å². The molecule has 5 nitrogen and oxygen atoms in total. The zero-order valence-corrected chi connectivity index (χ0v) is 10.6. The highest BCUT2D eigenvalue weighted by Gasteiger charge is 2.19. The Bertz CT molecular complexity index is 468. The average molecular weight is 261 g/mol. The van der Waals surface area contributed by atoms with Crippen LogP contribution >= 0.6 is 0 Å². The van der Waals surface area contributed by atoms with E-state index in [-0.39, 0.29) is 6.54 Å². The molecule has 0 unspecified atom stereocenters. The summed E-state index contributed by atoms with van der Waals surface area (Å²) in [5.41, 5.74) is 0.415. The van der Waals surface area contributed by atoms with E-state index < -0.39 is 12.1 Å². The largest absolute Gasteiger partial charge is 0.533 e. The van der Waals surface area contributed by atoms with Crippen LogP contribution in [0.5, 0.6) is 0 Å². The maximum atomic E-state index is 12.1. The van der Waals surface area contributed by atoms with Gasteiger partial charge in [-0.3, -0.25) is 4.79 Å². The van der Waals surface area contributed by atoms with Gasteiger partial charge in [-0.15, -0.1) is 0 Å². The zero-order valence-electron chi connectivity index (χ0n) is 10.6. The van der Waals surface area contributed by atoms with Gasteiger partial charge in [0.15, 0.2) is 0 Å². The first kappa shape index (κ1) is 14.5. The molecule has 5 heteroatoms. The number of ether oxygens (including phenoxy) is 1. The van der Waals surface area contributed by atoms with Gasteiger partial charge in [0.05, 0.1) is 13.7 Å². The molecule has 0 saturated carbocycles. The number of benzene rings is 1. The van der Waals surface area contributed by atoms with Crippen LogP contribution in [0.3, 0.4) is 0 Å². The van der Waals surface area contributed by atoms with Crippen LogP contribution in [0.2, 0.25) is 0 Å². The Morgan fingerprint density at radius 2 is 2.00 bits per heavy atom. The summed E-state index contributed by atoms with van der Waals surface area (Å²) in [6.45, 7) is 3.62. The number of methoxy groups -OCH3 is 1. The standard InChI is InChI=1S/C14H15NO4/c1-3-4-8-11-15(19-14(17)18-2)13(16)12-9-6-5-7-10-12/h3-10H,1,11H2,2H3/b8-4+. The van der Waals surface area contributed by atoms with E-state index in [0.29, 0.717) is 5.56 Å². The van der Waals surface area contributed by atoms with Crippen molar-refractivity contribution in [1.82, 2.24) is 5.06 Å². The average Bonchev–Trinajstić information content (AvgIpc) is 2.46. The summed E-state index contributed by atoms with van der Waals surface area (Å²) in [6.07, 6.45) is 3.89. The van der Waals surface area contributed by atoms with Gasteiger partial charge in [0.25, 0.3) is 5.91 Å². The van der Waals surface area contributed by atoms with Gasteiger partial charge >= 0.3 is 6.16 Å². The van der Waals surface area contributed by atoms with Gasteiger partial charge in [-0.1, -0.05) is 43.0 Å². The Hall–Kier alpha value is -2.56. The van der Waals surface area contributed by atoms with Crippen molar-refractivity contribution in [2.24, 2.45) is 0 Å². The van der Waals surface area contributed by atoms with Crippen molar-refractivity contribution in [1.29, 1.82) is 0 Å². The topological polar surface area (TPSA) is 55.8 Å². The van der Waals surface area contributed by atoms with Crippen LogP contribution in [0.15, 0.2) is 55.1 Å². The maximum absolute atomic E-state index is 12.1. The predicted molar refractivity (Wildman–Crippen MR) is 70.3 cm³/mol. The molecule has 0 heterocycles. The highest BCUT2D eigenvalue weighted by Crippen LogP contribution is 2.06. The van der Waals surface area contributed by atoms with Crippen molar-refractivity contribution in [3.05, 3.63) is 60.7 Å². The monoisotopic (exact) mass is 261 g/mol. The molecule has 0 aliphatic heterocycles. The summed E-state index contributed by atoms with van der Waals surface area (Å²) in [7, 11) is 1.17. The van der Waals surface area contributed by atoms with Crippen LogP contribution in [0.4, 0.5) is 4.79 Å². The number of rotatable bonds is 4. The second-order valence-electron chi connectivity index (χ2n) is 3.44. The number of hydrogen-bond donors (Lipinski definition) is 0. The van der Waals surface area contributed by atoms with Crippen molar-refractivity contribution in [2.45, 2.75) is 0 Å². The van der Waals surface area contributed by atoms with Gasteiger partial charge in [0, 0.05) is 5.56 Å². The Balaban J connectivity index is 2.82. The fraction of sp³-hybridized carbons (Fsp3) is 0.143. The SMILES string of the molecule is C=C/C=C/CN(OC(=O)OC)C(=O)c1ccccc1. The molecule has 0 fully saturated rings. The van der Waals surface area contributed by atoms with Gasteiger partial charge in [-0.2, -0.15) is 5.06 Å². The van der Waals surface area contributed by atoms with E-state index in [1.54, 1.807) is 48.6 Å². The minimum Gasteiger partial charge on any atom is -0.436 e. The Kier molecular flexibility index (Phi) is 5.88. The number of carbonyl (C=O) groups excluding carboxylic acids is 2. The molecule has 0 aromatic heterocycles. The summed E-state index contributed by atoms with van der Waals surface area (Å²) in [5.74, 6) is -0.431. The summed E-state index contributed by atoms with van der Waals surface area (Å²) in [5, 5.41) is 0.918. The minimum absolute atomic E-state index is 0.106. The summed E-state index contributed by atoms with van der Waals surface area (Å²) < 4.78 is 4.37. The lowest BCUT2D eigenvalue weighted by atomic mass is 10.2. The molecule has 0 saturated heterocycles. The molecule has 0 bridgehead atoms. The number of carbonyl (C=O) groups is 2. The third-order valence-corrected chi connectivity index (χ3v) is 2.14. The molecular formula is C14H15NO4. The smallest absolute Gasteiger partial charge is 0.436 e. The molecule has 0 aliphatic carbocycles. The fourth-order valence-electron chi connectivity index (χ4n) is 1.27. The van der Waals surface area contributed by atoms with Crippen molar-refractivity contribution >= 4 is 12.1 Å². The van der Waals surface area contributed by atoms with E-state index in [0.717, 1.165) is 5.06 Å². The third kappa shape index (κ3) is 4.67. The molecule has 0 N–H and O–H groups in total. The van der Waals surface area contributed by atoms with Gasteiger partial charge < -0.3 is 9.57 Å². The van der Waals surface area contributed by atoms with Crippen LogP contribution < -0.4 is 0 Å². The van der Waals surface area contributed by atoms with E-state index >= 15 is 0 Å². The number of allylic oxidation sites excluding steroid dienone is 2. The van der Waals surface area contributed by atoms with Gasteiger partial charge in [0.2, 0.25) is 0 Å². The Labute approximate surface area is 111 Å². The molecule has 1 rings (SSSR count). The van der Waals surface area contributed by atoms with Crippen molar-refractivity contribution in [3.8, 4) is 0 Å². The van der Waals surface area contributed by atoms with Crippen LogP contribution in [-0.2, 0) is 9.57 Å². The van der Waals surface area contributed by atoms with Crippen LogP contribution in [0, 0.1) is 0 Å². The first-order valence-electron chi connectivity index (χ1n) is 5.59. The van der Waals surface area contributed by atoms with Gasteiger partial charge in [0.1, 0.15) is 0 Å². The molecule has 100 valence electrons.